The number of rotatable bonds is 4. The lowest BCUT2D eigenvalue weighted by molar-refractivity contribution is -0.113. The number of anilines is 2. The highest BCUT2D eigenvalue weighted by Crippen LogP contribution is 2.40. The highest BCUT2D eigenvalue weighted by atomic mass is 35.5. The van der Waals surface area contributed by atoms with Crippen LogP contribution in [0.15, 0.2) is 23.4 Å². The van der Waals surface area contributed by atoms with Gasteiger partial charge in [-0.3, -0.25) is 4.79 Å². The van der Waals surface area contributed by atoms with E-state index >= 15 is 0 Å². The molecule has 1 aliphatic carbocycles. The van der Waals surface area contributed by atoms with Gasteiger partial charge in [0.1, 0.15) is 10.6 Å². The fourth-order valence-electron chi connectivity index (χ4n) is 3.34. The summed E-state index contributed by atoms with van der Waals surface area (Å²) in [6.45, 7) is 2.27. The number of benzene rings is 1. The van der Waals surface area contributed by atoms with Gasteiger partial charge in [-0.25, -0.2) is 9.97 Å². The lowest BCUT2D eigenvalue weighted by Crippen LogP contribution is -2.15. The molecule has 4 rings (SSSR count). The predicted molar refractivity (Wildman–Crippen MR) is 119 cm³/mol. The van der Waals surface area contributed by atoms with Crippen LogP contribution in [0.2, 0.25) is 10.0 Å². The molecule has 9 heteroatoms. The summed E-state index contributed by atoms with van der Waals surface area (Å²) in [5.41, 5.74) is 7.95. The molecule has 0 aliphatic heterocycles. The lowest BCUT2D eigenvalue weighted by Gasteiger charge is -2.17. The summed E-state index contributed by atoms with van der Waals surface area (Å²) >= 11 is 15.1. The van der Waals surface area contributed by atoms with Gasteiger partial charge in [-0.2, -0.15) is 0 Å². The van der Waals surface area contributed by atoms with Crippen molar-refractivity contribution in [1.82, 2.24) is 9.97 Å². The van der Waals surface area contributed by atoms with Gasteiger partial charge in [-0.05, 0) is 42.9 Å². The molecule has 0 saturated heterocycles. The van der Waals surface area contributed by atoms with E-state index in [-0.39, 0.29) is 11.7 Å². The standard InChI is InChI=1S/C19H18Cl2N4OS2/c1-9-5-6-10-13(7-9)28-18-15(10)17(22)24-19(25-18)27-8-14(26)23-16-11(20)3-2-4-12(16)21/h2-4,9H,5-8H2,1H3,(H,23,26)(H2,22,24,25). The van der Waals surface area contributed by atoms with Crippen LogP contribution in [0.4, 0.5) is 11.5 Å². The number of carbonyl (C=O) groups excluding carboxylic acids is 1. The maximum atomic E-state index is 12.3. The number of nitrogen functional groups attached to an aromatic ring is 1. The first-order valence-corrected chi connectivity index (χ1v) is 11.4. The van der Waals surface area contributed by atoms with Crippen LogP contribution in [-0.4, -0.2) is 21.6 Å². The van der Waals surface area contributed by atoms with E-state index in [4.69, 9.17) is 28.9 Å². The fraction of sp³-hybridized carbons (Fsp3) is 0.316. The largest absolute Gasteiger partial charge is 0.383 e. The maximum absolute atomic E-state index is 12.3. The predicted octanol–water partition coefficient (Wildman–Crippen LogP) is 5.44. The minimum absolute atomic E-state index is 0.134. The van der Waals surface area contributed by atoms with Crippen molar-refractivity contribution in [3.05, 3.63) is 38.7 Å². The molecule has 0 saturated carbocycles. The number of thioether (sulfide) groups is 1. The number of fused-ring (bicyclic) bond motifs is 3. The van der Waals surface area contributed by atoms with Crippen molar-refractivity contribution in [2.24, 2.45) is 5.92 Å². The molecule has 2 heterocycles. The van der Waals surface area contributed by atoms with Crippen molar-refractivity contribution in [2.75, 3.05) is 16.8 Å². The molecule has 1 atom stereocenters. The molecular formula is C19H18Cl2N4OS2. The normalized spacial score (nSPS) is 16.2. The molecule has 1 aliphatic rings. The number of nitrogens with one attached hydrogen (secondary N) is 1. The van der Waals surface area contributed by atoms with E-state index < -0.39 is 0 Å². The molecule has 0 spiro atoms. The molecule has 5 nitrogen and oxygen atoms in total. The Bertz CT molecular complexity index is 1050. The summed E-state index contributed by atoms with van der Waals surface area (Å²) < 4.78 is 0. The van der Waals surface area contributed by atoms with Crippen LogP contribution in [-0.2, 0) is 17.6 Å². The summed E-state index contributed by atoms with van der Waals surface area (Å²) in [6.07, 6.45) is 3.26. The zero-order valence-corrected chi connectivity index (χ0v) is 18.2. The Morgan fingerprint density at radius 2 is 2.11 bits per heavy atom. The molecule has 1 aromatic carbocycles. The number of nitrogens with two attached hydrogens (primary N) is 1. The number of aryl methyl sites for hydroxylation is 1. The number of hydrogen-bond acceptors (Lipinski definition) is 6. The van der Waals surface area contributed by atoms with E-state index in [2.05, 4.69) is 22.2 Å². The van der Waals surface area contributed by atoms with Gasteiger partial charge in [-0.15, -0.1) is 11.3 Å². The fourth-order valence-corrected chi connectivity index (χ4v) is 5.93. The molecule has 0 fully saturated rings. The molecule has 1 unspecified atom stereocenters. The molecule has 28 heavy (non-hydrogen) atoms. The Morgan fingerprint density at radius 3 is 2.86 bits per heavy atom. The first kappa shape index (κ1) is 19.8. The molecule has 0 bridgehead atoms. The Hall–Kier alpha value is -1.54. The topological polar surface area (TPSA) is 80.9 Å². The Kier molecular flexibility index (Phi) is 5.69. The Balaban J connectivity index is 1.50. The number of nitrogens with zero attached hydrogens (tertiary/aromatic N) is 2. The van der Waals surface area contributed by atoms with Crippen molar-refractivity contribution in [3.63, 3.8) is 0 Å². The van der Waals surface area contributed by atoms with Crippen LogP contribution in [0.25, 0.3) is 10.2 Å². The highest BCUT2D eigenvalue weighted by molar-refractivity contribution is 7.99. The molecule has 2 aromatic heterocycles. The Labute approximate surface area is 181 Å². The third kappa shape index (κ3) is 3.94. The number of halogens is 2. The quantitative estimate of drug-likeness (QED) is 0.406. The van der Waals surface area contributed by atoms with Crippen molar-refractivity contribution in [3.8, 4) is 0 Å². The van der Waals surface area contributed by atoms with Gasteiger partial charge in [0.05, 0.1) is 26.9 Å². The molecule has 0 radical (unpaired) electrons. The number of para-hydroxylation sites is 1. The lowest BCUT2D eigenvalue weighted by atomic mass is 9.89. The van der Waals surface area contributed by atoms with E-state index in [1.807, 2.05) is 0 Å². The monoisotopic (exact) mass is 452 g/mol. The van der Waals surface area contributed by atoms with E-state index in [1.54, 1.807) is 29.5 Å². The SMILES string of the molecule is CC1CCc2c(sc3nc(SCC(=O)Nc4c(Cl)cccc4Cl)nc(N)c23)C1. The summed E-state index contributed by atoms with van der Waals surface area (Å²) in [5, 5.41) is 5.01. The summed E-state index contributed by atoms with van der Waals surface area (Å²) in [4.78, 5) is 23.6. The smallest absolute Gasteiger partial charge is 0.234 e. The van der Waals surface area contributed by atoms with Gasteiger partial charge >= 0.3 is 0 Å². The third-order valence-corrected chi connectivity index (χ3v) is 7.35. The average molecular weight is 453 g/mol. The number of thiophene rings is 1. The van der Waals surface area contributed by atoms with E-state index in [1.165, 1.54) is 28.6 Å². The van der Waals surface area contributed by atoms with Crippen LogP contribution in [0, 0.1) is 5.92 Å². The second-order valence-electron chi connectivity index (χ2n) is 6.86. The summed E-state index contributed by atoms with van der Waals surface area (Å²) in [6, 6.07) is 5.07. The van der Waals surface area contributed by atoms with Gasteiger partial charge in [0, 0.05) is 4.88 Å². The van der Waals surface area contributed by atoms with Crippen LogP contribution < -0.4 is 11.1 Å². The third-order valence-electron chi connectivity index (χ3n) is 4.72. The molecule has 146 valence electrons. The van der Waals surface area contributed by atoms with Crippen LogP contribution in [0.5, 0.6) is 0 Å². The molecule has 3 N–H and O–H groups in total. The first-order valence-electron chi connectivity index (χ1n) is 8.86. The van der Waals surface area contributed by atoms with E-state index in [9.17, 15) is 4.79 Å². The number of hydrogen-bond donors (Lipinski definition) is 2. The van der Waals surface area contributed by atoms with Crippen LogP contribution in [0.1, 0.15) is 23.8 Å². The van der Waals surface area contributed by atoms with Crippen LogP contribution in [0.3, 0.4) is 0 Å². The average Bonchev–Trinajstić information content (AvgIpc) is 3.01. The summed E-state index contributed by atoms with van der Waals surface area (Å²) in [7, 11) is 0. The minimum atomic E-state index is -0.235. The zero-order valence-electron chi connectivity index (χ0n) is 15.1. The van der Waals surface area contributed by atoms with Crippen molar-refractivity contribution < 1.29 is 4.79 Å². The number of carbonyl (C=O) groups is 1. The second kappa shape index (κ2) is 8.06. The van der Waals surface area contributed by atoms with E-state index in [0.29, 0.717) is 32.6 Å². The van der Waals surface area contributed by atoms with Gasteiger partial charge in [0.2, 0.25) is 5.91 Å². The number of aromatic nitrogens is 2. The summed E-state index contributed by atoms with van der Waals surface area (Å²) in [5.74, 6) is 1.08. The second-order valence-corrected chi connectivity index (χ2v) is 9.70. The molecule has 3 aromatic rings. The maximum Gasteiger partial charge on any atom is 0.234 e. The van der Waals surface area contributed by atoms with Crippen molar-refractivity contribution in [1.29, 1.82) is 0 Å². The molecule has 1 amide bonds. The van der Waals surface area contributed by atoms with Gasteiger partial charge in [0.25, 0.3) is 0 Å². The van der Waals surface area contributed by atoms with Gasteiger partial charge < -0.3 is 11.1 Å². The molecular weight excluding hydrogens is 435 g/mol. The van der Waals surface area contributed by atoms with Gasteiger partial charge in [0.15, 0.2) is 5.16 Å². The zero-order chi connectivity index (χ0) is 19.8. The first-order chi connectivity index (χ1) is 13.4. The van der Waals surface area contributed by atoms with E-state index in [0.717, 1.165) is 23.1 Å². The Morgan fingerprint density at radius 1 is 1.36 bits per heavy atom. The van der Waals surface area contributed by atoms with Crippen LogP contribution >= 0.6 is 46.3 Å². The van der Waals surface area contributed by atoms with Gasteiger partial charge in [-0.1, -0.05) is 48.0 Å². The highest BCUT2D eigenvalue weighted by Gasteiger charge is 2.23. The number of amides is 1. The minimum Gasteiger partial charge on any atom is -0.383 e. The van der Waals surface area contributed by atoms with Crippen molar-refractivity contribution in [2.45, 2.75) is 31.3 Å². The van der Waals surface area contributed by atoms with Crippen molar-refractivity contribution >= 4 is 73.9 Å².